The van der Waals surface area contributed by atoms with Gasteiger partial charge >= 0.3 is 0 Å². The summed E-state index contributed by atoms with van der Waals surface area (Å²) in [6.45, 7) is 2.48. The maximum atomic E-state index is 12.5. The van der Waals surface area contributed by atoms with Crippen LogP contribution in [0.4, 0.5) is 0 Å². The predicted molar refractivity (Wildman–Crippen MR) is 102 cm³/mol. The van der Waals surface area contributed by atoms with Gasteiger partial charge in [-0.15, -0.1) is 11.3 Å². The number of pyridine rings is 1. The number of amides is 1. The van der Waals surface area contributed by atoms with E-state index >= 15 is 0 Å². The van der Waals surface area contributed by atoms with E-state index in [0.717, 1.165) is 38.5 Å². The summed E-state index contributed by atoms with van der Waals surface area (Å²) in [6, 6.07) is 11.3. The highest BCUT2D eigenvalue weighted by Gasteiger charge is 2.10. The third kappa shape index (κ3) is 3.36. The second-order valence-corrected chi connectivity index (χ2v) is 7.00. The first-order chi connectivity index (χ1) is 12.7. The fourth-order valence-corrected chi connectivity index (χ4v) is 3.66. The number of nitrogens with zero attached hydrogens (tertiary/aromatic N) is 2. The molecule has 1 N–H and O–H groups in total. The number of aromatic nitrogens is 2. The van der Waals surface area contributed by atoms with Gasteiger partial charge in [-0.2, -0.15) is 0 Å². The number of carbonyl (C=O) groups is 1. The molecule has 0 aliphatic heterocycles. The van der Waals surface area contributed by atoms with Gasteiger partial charge < -0.3 is 9.73 Å². The molecule has 1 aromatic carbocycles. The number of benzene rings is 1. The van der Waals surface area contributed by atoms with Crippen LogP contribution in [0.3, 0.4) is 0 Å². The standard InChI is InChI=1S/C20H17N3O2S/c1-2-19-23-16-6-5-14(9-18(16)26-19)20(24)22-11-13-8-15(12-21-10-13)17-4-3-7-25-17/h3-10,12H,2,11H2,1H3,(H,22,24). The van der Waals surface area contributed by atoms with Crippen LogP contribution in [0.5, 0.6) is 0 Å². The van der Waals surface area contributed by atoms with Crippen molar-refractivity contribution in [2.24, 2.45) is 0 Å². The first-order valence-corrected chi connectivity index (χ1v) is 9.20. The molecule has 5 nitrogen and oxygen atoms in total. The molecule has 0 aliphatic carbocycles. The summed E-state index contributed by atoms with van der Waals surface area (Å²) in [7, 11) is 0. The number of carbonyl (C=O) groups excluding carboxylic acids is 1. The van der Waals surface area contributed by atoms with Crippen molar-refractivity contribution in [1.29, 1.82) is 0 Å². The Morgan fingerprint density at radius 1 is 1.23 bits per heavy atom. The SMILES string of the molecule is CCc1nc2ccc(C(=O)NCc3cncc(-c4ccco4)c3)cc2s1. The topological polar surface area (TPSA) is 68.0 Å². The molecule has 0 bridgehead atoms. The lowest BCUT2D eigenvalue weighted by atomic mass is 10.1. The molecule has 0 saturated heterocycles. The van der Waals surface area contributed by atoms with Crippen LogP contribution in [0.1, 0.15) is 27.9 Å². The molecule has 26 heavy (non-hydrogen) atoms. The van der Waals surface area contributed by atoms with E-state index in [-0.39, 0.29) is 5.91 Å². The fourth-order valence-electron chi connectivity index (χ4n) is 2.71. The summed E-state index contributed by atoms with van der Waals surface area (Å²) < 4.78 is 6.43. The molecule has 0 aliphatic rings. The van der Waals surface area contributed by atoms with E-state index in [0.29, 0.717) is 12.1 Å². The Morgan fingerprint density at radius 3 is 2.96 bits per heavy atom. The van der Waals surface area contributed by atoms with Crippen molar-refractivity contribution in [3.05, 3.63) is 71.2 Å². The number of nitrogens with one attached hydrogen (secondary N) is 1. The van der Waals surface area contributed by atoms with Gasteiger partial charge in [0.15, 0.2) is 0 Å². The van der Waals surface area contributed by atoms with Gasteiger partial charge in [-0.05, 0) is 48.4 Å². The molecule has 0 radical (unpaired) electrons. The molecule has 0 spiro atoms. The van der Waals surface area contributed by atoms with E-state index in [1.165, 1.54) is 0 Å². The lowest BCUT2D eigenvalue weighted by Gasteiger charge is -2.06. The highest BCUT2D eigenvalue weighted by atomic mass is 32.1. The van der Waals surface area contributed by atoms with Crippen molar-refractivity contribution in [3.8, 4) is 11.3 Å². The summed E-state index contributed by atoms with van der Waals surface area (Å²) >= 11 is 1.63. The molecular weight excluding hydrogens is 346 g/mol. The van der Waals surface area contributed by atoms with Gasteiger partial charge in [0.05, 0.1) is 21.5 Å². The van der Waals surface area contributed by atoms with Crippen molar-refractivity contribution < 1.29 is 9.21 Å². The first-order valence-electron chi connectivity index (χ1n) is 8.38. The normalized spacial score (nSPS) is 11.0. The molecule has 1 amide bonds. The van der Waals surface area contributed by atoms with Crippen LogP contribution in [0.15, 0.2) is 59.5 Å². The van der Waals surface area contributed by atoms with Crippen molar-refractivity contribution in [3.63, 3.8) is 0 Å². The summed E-state index contributed by atoms with van der Waals surface area (Å²) in [5, 5.41) is 4.03. The minimum Gasteiger partial charge on any atom is -0.464 e. The largest absolute Gasteiger partial charge is 0.464 e. The van der Waals surface area contributed by atoms with Crippen molar-refractivity contribution in [1.82, 2.24) is 15.3 Å². The van der Waals surface area contributed by atoms with Gasteiger partial charge in [0, 0.05) is 30.1 Å². The first kappa shape index (κ1) is 16.5. The summed E-state index contributed by atoms with van der Waals surface area (Å²) in [6.07, 6.45) is 6.02. The molecule has 4 rings (SSSR count). The molecule has 130 valence electrons. The fraction of sp³-hybridized carbons (Fsp3) is 0.150. The Bertz CT molecular complexity index is 1050. The average molecular weight is 363 g/mol. The molecule has 0 saturated carbocycles. The van der Waals surface area contributed by atoms with E-state index in [4.69, 9.17) is 4.42 Å². The highest BCUT2D eigenvalue weighted by molar-refractivity contribution is 7.18. The van der Waals surface area contributed by atoms with Gasteiger partial charge in [-0.3, -0.25) is 9.78 Å². The van der Waals surface area contributed by atoms with Crippen LogP contribution in [-0.2, 0) is 13.0 Å². The molecule has 6 heteroatoms. The number of hydrogen-bond donors (Lipinski definition) is 1. The van der Waals surface area contributed by atoms with E-state index in [2.05, 4.69) is 22.2 Å². The Kier molecular flexibility index (Phi) is 4.50. The molecule has 0 fully saturated rings. The number of furan rings is 1. The Balaban J connectivity index is 1.48. The van der Waals surface area contributed by atoms with Gasteiger partial charge in [0.2, 0.25) is 0 Å². The van der Waals surface area contributed by atoms with Crippen LogP contribution in [0.25, 0.3) is 21.5 Å². The minimum absolute atomic E-state index is 0.109. The van der Waals surface area contributed by atoms with Gasteiger partial charge in [0.1, 0.15) is 5.76 Å². The molecule has 3 heterocycles. The lowest BCUT2D eigenvalue weighted by Crippen LogP contribution is -2.22. The molecule has 0 atom stereocenters. The van der Waals surface area contributed by atoms with E-state index in [1.807, 2.05) is 36.4 Å². The van der Waals surface area contributed by atoms with E-state index < -0.39 is 0 Å². The number of thiazole rings is 1. The lowest BCUT2D eigenvalue weighted by molar-refractivity contribution is 0.0951. The maximum absolute atomic E-state index is 12.5. The monoisotopic (exact) mass is 363 g/mol. The summed E-state index contributed by atoms with van der Waals surface area (Å²) in [4.78, 5) is 21.2. The smallest absolute Gasteiger partial charge is 0.251 e. The second kappa shape index (κ2) is 7.09. The Morgan fingerprint density at radius 2 is 2.15 bits per heavy atom. The van der Waals surface area contributed by atoms with Gasteiger partial charge in [-0.25, -0.2) is 4.98 Å². The van der Waals surface area contributed by atoms with Gasteiger partial charge in [0.25, 0.3) is 5.91 Å². The van der Waals surface area contributed by atoms with Crippen LogP contribution < -0.4 is 5.32 Å². The minimum atomic E-state index is -0.109. The summed E-state index contributed by atoms with van der Waals surface area (Å²) in [5.41, 5.74) is 3.39. The van der Waals surface area contributed by atoms with Crippen molar-refractivity contribution >= 4 is 27.5 Å². The number of aryl methyl sites for hydroxylation is 1. The predicted octanol–water partition coefficient (Wildman–Crippen LogP) is 4.44. The zero-order chi connectivity index (χ0) is 17.9. The number of hydrogen-bond acceptors (Lipinski definition) is 5. The molecule has 3 aromatic heterocycles. The van der Waals surface area contributed by atoms with Crippen LogP contribution in [-0.4, -0.2) is 15.9 Å². The zero-order valence-corrected chi connectivity index (χ0v) is 15.0. The molecular formula is C20H17N3O2S. The Hall–Kier alpha value is -2.99. The van der Waals surface area contributed by atoms with Crippen LogP contribution in [0.2, 0.25) is 0 Å². The quantitative estimate of drug-likeness (QED) is 0.569. The maximum Gasteiger partial charge on any atom is 0.251 e. The van der Waals surface area contributed by atoms with Crippen LogP contribution in [0, 0.1) is 0 Å². The highest BCUT2D eigenvalue weighted by Crippen LogP contribution is 2.24. The average Bonchev–Trinajstić information content (AvgIpc) is 3.35. The number of rotatable bonds is 5. The van der Waals surface area contributed by atoms with Crippen molar-refractivity contribution in [2.75, 3.05) is 0 Å². The third-order valence-corrected chi connectivity index (χ3v) is 5.21. The zero-order valence-electron chi connectivity index (χ0n) is 14.2. The molecule has 0 unspecified atom stereocenters. The van der Waals surface area contributed by atoms with Crippen molar-refractivity contribution in [2.45, 2.75) is 19.9 Å². The Labute approximate surface area is 154 Å². The van der Waals surface area contributed by atoms with E-state index in [1.54, 1.807) is 30.0 Å². The summed E-state index contributed by atoms with van der Waals surface area (Å²) in [5.74, 6) is 0.648. The molecule has 4 aromatic rings. The van der Waals surface area contributed by atoms with E-state index in [9.17, 15) is 4.79 Å². The van der Waals surface area contributed by atoms with Crippen LogP contribution >= 0.6 is 11.3 Å². The number of fused-ring (bicyclic) bond motifs is 1. The second-order valence-electron chi connectivity index (χ2n) is 5.89. The third-order valence-electron chi connectivity index (χ3n) is 4.05. The van der Waals surface area contributed by atoms with Gasteiger partial charge in [-0.1, -0.05) is 6.92 Å².